The number of carbonyl (C=O) groups is 2. The maximum absolute atomic E-state index is 13.1. The zero-order chi connectivity index (χ0) is 19.8. The molecular weight excluding hydrogens is 349 g/mol. The van der Waals surface area contributed by atoms with Crippen LogP contribution >= 0.6 is 0 Å². The van der Waals surface area contributed by atoms with Crippen molar-refractivity contribution in [3.8, 4) is 0 Å². The van der Waals surface area contributed by atoms with Crippen LogP contribution in [0.5, 0.6) is 0 Å². The Kier molecular flexibility index (Phi) is 8.03. The van der Waals surface area contributed by atoms with Gasteiger partial charge >= 0.3 is 6.09 Å². The number of nitrogens with zero attached hydrogens (tertiary/aromatic N) is 2. The summed E-state index contributed by atoms with van der Waals surface area (Å²) in [4.78, 5) is 28.6. The highest BCUT2D eigenvalue weighted by molar-refractivity contribution is 5.85. The van der Waals surface area contributed by atoms with Crippen molar-refractivity contribution in [1.29, 1.82) is 0 Å². The van der Waals surface area contributed by atoms with Crippen molar-refractivity contribution in [2.45, 2.75) is 39.3 Å². The van der Waals surface area contributed by atoms with E-state index in [4.69, 9.17) is 0 Å². The first-order valence-corrected chi connectivity index (χ1v) is 9.49. The monoisotopic (exact) mass is 379 g/mol. The second-order valence-corrected chi connectivity index (χ2v) is 7.40. The van der Waals surface area contributed by atoms with Crippen LogP contribution in [0.4, 0.5) is 9.18 Å². The smallest absolute Gasteiger partial charge is 0.407 e. The van der Waals surface area contributed by atoms with E-state index in [-0.39, 0.29) is 17.6 Å². The Balaban J connectivity index is 1.94. The molecule has 1 aromatic carbocycles. The van der Waals surface area contributed by atoms with Crippen LogP contribution in [0.3, 0.4) is 0 Å². The summed E-state index contributed by atoms with van der Waals surface area (Å²) in [5.74, 6) is -0.0171. The lowest BCUT2D eigenvalue weighted by molar-refractivity contribution is -0.133. The van der Waals surface area contributed by atoms with Gasteiger partial charge in [0, 0.05) is 32.7 Å². The molecule has 7 heteroatoms. The third-order valence-corrected chi connectivity index (χ3v) is 4.70. The maximum atomic E-state index is 13.1. The van der Waals surface area contributed by atoms with Crippen molar-refractivity contribution in [3.63, 3.8) is 0 Å². The van der Waals surface area contributed by atoms with Gasteiger partial charge in [-0.15, -0.1) is 0 Å². The molecule has 0 saturated carbocycles. The topological polar surface area (TPSA) is 61.9 Å². The molecule has 0 aliphatic carbocycles. The number of hydrogen-bond acceptors (Lipinski definition) is 4. The molecule has 2 rings (SSSR count). The molecule has 0 aromatic heterocycles. The Morgan fingerprint density at radius 2 is 1.85 bits per heavy atom. The van der Waals surface area contributed by atoms with Gasteiger partial charge in [-0.05, 0) is 36.5 Å². The van der Waals surface area contributed by atoms with E-state index in [1.807, 2.05) is 18.7 Å². The number of hydrogen-bond donors (Lipinski definition) is 1. The van der Waals surface area contributed by atoms with Gasteiger partial charge in [0.25, 0.3) is 0 Å². The average Bonchev–Trinajstić information content (AvgIpc) is 2.87. The van der Waals surface area contributed by atoms with E-state index < -0.39 is 12.1 Å². The third-order valence-electron chi connectivity index (χ3n) is 4.70. The van der Waals surface area contributed by atoms with Gasteiger partial charge in [-0.2, -0.15) is 0 Å². The number of nitrogens with one attached hydrogen (secondary N) is 1. The molecule has 1 aliphatic heterocycles. The fraction of sp³-hybridized carbons (Fsp3) is 0.600. The number of halogens is 1. The van der Waals surface area contributed by atoms with Crippen molar-refractivity contribution in [3.05, 3.63) is 35.6 Å². The maximum Gasteiger partial charge on any atom is 0.407 e. The van der Waals surface area contributed by atoms with Gasteiger partial charge in [0.1, 0.15) is 11.9 Å². The number of ether oxygens (including phenoxy) is 1. The third kappa shape index (κ3) is 6.82. The molecule has 1 heterocycles. The first-order chi connectivity index (χ1) is 12.9. The Hall–Kier alpha value is -2.15. The van der Waals surface area contributed by atoms with E-state index in [0.29, 0.717) is 19.5 Å². The molecule has 2 amide bonds. The number of methoxy groups -OCH3 is 1. The first kappa shape index (κ1) is 21.2. The van der Waals surface area contributed by atoms with E-state index in [1.54, 1.807) is 12.1 Å². The van der Waals surface area contributed by atoms with Gasteiger partial charge in [-0.3, -0.25) is 9.69 Å². The van der Waals surface area contributed by atoms with Gasteiger partial charge in [0.15, 0.2) is 0 Å². The van der Waals surface area contributed by atoms with Crippen LogP contribution in [0, 0.1) is 11.7 Å². The van der Waals surface area contributed by atoms with Crippen LogP contribution in [-0.2, 0) is 16.1 Å². The quantitative estimate of drug-likeness (QED) is 0.825. The van der Waals surface area contributed by atoms with Gasteiger partial charge in [0.2, 0.25) is 5.91 Å². The lowest BCUT2D eigenvalue weighted by Gasteiger charge is -2.27. The summed E-state index contributed by atoms with van der Waals surface area (Å²) in [5.41, 5.74) is 1.06. The predicted molar refractivity (Wildman–Crippen MR) is 102 cm³/mol. The molecule has 1 unspecified atom stereocenters. The summed E-state index contributed by atoms with van der Waals surface area (Å²) < 4.78 is 17.7. The minimum Gasteiger partial charge on any atom is -0.453 e. The second kappa shape index (κ2) is 10.3. The molecule has 1 fully saturated rings. The molecular formula is C20H30FN3O3. The molecule has 1 saturated heterocycles. The van der Waals surface area contributed by atoms with Crippen LogP contribution in [0.1, 0.15) is 32.3 Å². The Morgan fingerprint density at radius 1 is 1.15 bits per heavy atom. The Morgan fingerprint density at radius 3 is 2.48 bits per heavy atom. The molecule has 1 N–H and O–H groups in total. The number of amides is 2. The molecule has 0 radical (unpaired) electrons. The molecule has 150 valence electrons. The summed E-state index contributed by atoms with van der Waals surface area (Å²) in [6, 6.07) is 5.96. The van der Waals surface area contributed by atoms with Crippen LogP contribution < -0.4 is 5.32 Å². The first-order valence-electron chi connectivity index (χ1n) is 9.49. The molecule has 1 aromatic rings. The largest absolute Gasteiger partial charge is 0.453 e. The van der Waals surface area contributed by atoms with Gasteiger partial charge in [0.05, 0.1) is 7.11 Å². The fourth-order valence-corrected chi connectivity index (χ4v) is 3.31. The van der Waals surface area contributed by atoms with Gasteiger partial charge < -0.3 is 15.0 Å². The molecule has 6 nitrogen and oxygen atoms in total. The average molecular weight is 379 g/mol. The van der Waals surface area contributed by atoms with E-state index in [0.717, 1.165) is 31.6 Å². The van der Waals surface area contributed by atoms with Crippen molar-refractivity contribution in [1.82, 2.24) is 15.1 Å². The SMILES string of the molecule is COC(=O)NC(CC(C)C)C(=O)N1CCCN(Cc2ccc(F)cc2)CC1. The Labute approximate surface area is 160 Å². The number of carbonyl (C=O) groups excluding carboxylic acids is 2. The summed E-state index contributed by atoms with van der Waals surface area (Å²) in [6.07, 6.45) is 0.852. The zero-order valence-electron chi connectivity index (χ0n) is 16.4. The van der Waals surface area contributed by atoms with E-state index >= 15 is 0 Å². The lowest BCUT2D eigenvalue weighted by Crippen LogP contribution is -2.50. The fourth-order valence-electron chi connectivity index (χ4n) is 3.31. The zero-order valence-corrected chi connectivity index (χ0v) is 16.4. The van der Waals surface area contributed by atoms with Crippen molar-refractivity contribution in [2.24, 2.45) is 5.92 Å². The molecule has 0 spiro atoms. The predicted octanol–water partition coefficient (Wildman–Crippen LogP) is 2.63. The van der Waals surface area contributed by atoms with E-state index in [1.165, 1.54) is 19.2 Å². The number of benzene rings is 1. The highest BCUT2D eigenvalue weighted by atomic mass is 19.1. The second-order valence-electron chi connectivity index (χ2n) is 7.40. The summed E-state index contributed by atoms with van der Waals surface area (Å²) in [5, 5.41) is 2.67. The summed E-state index contributed by atoms with van der Waals surface area (Å²) >= 11 is 0. The van der Waals surface area contributed by atoms with Crippen LogP contribution in [0.25, 0.3) is 0 Å². The normalized spacial score (nSPS) is 16.7. The van der Waals surface area contributed by atoms with Crippen molar-refractivity contribution in [2.75, 3.05) is 33.3 Å². The lowest BCUT2D eigenvalue weighted by atomic mass is 10.0. The molecule has 27 heavy (non-hydrogen) atoms. The van der Waals surface area contributed by atoms with Crippen LogP contribution in [0.15, 0.2) is 24.3 Å². The minimum atomic E-state index is -0.582. The Bertz CT molecular complexity index is 621. The highest BCUT2D eigenvalue weighted by Gasteiger charge is 2.28. The minimum absolute atomic E-state index is 0.0577. The van der Waals surface area contributed by atoms with Gasteiger partial charge in [-0.25, -0.2) is 9.18 Å². The van der Waals surface area contributed by atoms with Crippen LogP contribution in [-0.4, -0.2) is 61.1 Å². The van der Waals surface area contributed by atoms with Gasteiger partial charge in [-0.1, -0.05) is 26.0 Å². The van der Waals surface area contributed by atoms with Crippen molar-refractivity contribution >= 4 is 12.0 Å². The number of alkyl carbamates (subject to hydrolysis) is 1. The molecule has 0 bridgehead atoms. The van der Waals surface area contributed by atoms with Crippen LogP contribution in [0.2, 0.25) is 0 Å². The van der Waals surface area contributed by atoms with Crippen molar-refractivity contribution < 1.29 is 18.7 Å². The van der Waals surface area contributed by atoms with E-state index in [2.05, 4.69) is 15.0 Å². The molecule has 1 atom stereocenters. The standard InChI is InChI=1S/C20H30FN3O3/c1-15(2)13-18(22-20(26)27-3)19(25)24-10-4-9-23(11-12-24)14-16-5-7-17(21)8-6-16/h5-8,15,18H,4,9-14H2,1-3H3,(H,22,26). The highest BCUT2D eigenvalue weighted by Crippen LogP contribution is 2.13. The summed E-state index contributed by atoms with van der Waals surface area (Å²) in [6.45, 7) is 7.67. The summed E-state index contributed by atoms with van der Waals surface area (Å²) in [7, 11) is 1.30. The number of rotatable bonds is 6. The molecule has 1 aliphatic rings. The van der Waals surface area contributed by atoms with E-state index in [9.17, 15) is 14.0 Å².